The minimum Gasteiger partial charge on any atom is -0.399 e. The summed E-state index contributed by atoms with van der Waals surface area (Å²) in [5, 5.41) is 8.31. The summed E-state index contributed by atoms with van der Waals surface area (Å²) in [6.45, 7) is 4.14. The van der Waals surface area contributed by atoms with E-state index < -0.39 is 0 Å². The van der Waals surface area contributed by atoms with Crippen molar-refractivity contribution in [1.82, 2.24) is 15.1 Å². The number of aromatic nitrogens is 2. The number of rotatable bonds is 2. The smallest absolute Gasteiger partial charge is 0.157 e. The number of nitrogens with two attached hydrogens (primary N) is 1. The summed E-state index contributed by atoms with van der Waals surface area (Å²) in [5.74, 6) is 3.51. The van der Waals surface area contributed by atoms with Crippen molar-refractivity contribution < 1.29 is 4.79 Å². The van der Waals surface area contributed by atoms with Crippen LogP contribution in [0.25, 0.3) is 5.57 Å². The highest BCUT2D eigenvalue weighted by Crippen LogP contribution is 2.45. The van der Waals surface area contributed by atoms with Crippen molar-refractivity contribution >= 4 is 28.7 Å². The van der Waals surface area contributed by atoms with E-state index in [9.17, 15) is 4.79 Å². The molecule has 0 saturated carbocycles. The lowest BCUT2D eigenvalue weighted by Gasteiger charge is -2.39. The Morgan fingerprint density at radius 3 is 2.92 bits per heavy atom. The van der Waals surface area contributed by atoms with E-state index >= 15 is 0 Å². The van der Waals surface area contributed by atoms with Crippen molar-refractivity contribution in [3.05, 3.63) is 42.1 Å². The molecule has 1 aromatic carbocycles. The zero-order chi connectivity index (χ0) is 17.4. The van der Waals surface area contributed by atoms with E-state index in [4.69, 9.17) is 5.73 Å². The summed E-state index contributed by atoms with van der Waals surface area (Å²) < 4.78 is 0. The number of benzene rings is 1. The van der Waals surface area contributed by atoms with Gasteiger partial charge in [0.05, 0.1) is 11.3 Å². The molecule has 6 heteroatoms. The molecule has 25 heavy (non-hydrogen) atoms. The average molecular weight is 335 g/mol. The molecule has 0 amide bonds. The van der Waals surface area contributed by atoms with E-state index in [-0.39, 0.29) is 6.17 Å². The number of likely N-dealkylation sites (tertiary alicyclic amines) is 1. The highest BCUT2D eigenvalue weighted by atomic mass is 16.1. The number of hydrogen-bond donors (Lipinski definition) is 1. The third-order valence-electron chi connectivity index (χ3n) is 5.02. The molecule has 2 aliphatic rings. The molecule has 1 fully saturated rings. The molecule has 2 aromatic rings. The van der Waals surface area contributed by atoms with Gasteiger partial charge in [-0.15, -0.1) is 5.10 Å². The summed E-state index contributed by atoms with van der Waals surface area (Å²) in [5.41, 5.74) is 9.00. The molecule has 2 N–H and O–H groups in total. The fourth-order valence-electron chi connectivity index (χ4n) is 3.95. The molecule has 0 aliphatic carbocycles. The van der Waals surface area contributed by atoms with E-state index in [0.29, 0.717) is 17.2 Å². The maximum absolute atomic E-state index is 11.9. The van der Waals surface area contributed by atoms with E-state index in [1.165, 1.54) is 6.42 Å². The Morgan fingerprint density at radius 2 is 2.20 bits per heavy atom. The summed E-state index contributed by atoms with van der Waals surface area (Å²) in [6.07, 6.45) is 3.77. The van der Waals surface area contributed by atoms with Gasteiger partial charge in [0.15, 0.2) is 5.82 Å². The fraction of sp³-hybridized carbons (Fsp3) is 0.368. The molecule has 0 bridgehead atoms. The molecule has 0 radical (unpaired) electrons. The first-order valence-corrected chi connectivity index (χ1v) is 8.65. The van der Waals surface area contributed by atoms with E-state index in [0.717, 1.165) is 36.6 Å². The highest BCUT2D eigenvalue weighted by molar-refractivity contribution is 6.02. The van der Waals surface area contributed by atoms with Crippen molar-refractivity contribution in [1.29, 1.82) is 0 Å². The minimum absolute atomic E-state index is 0.214. The molecule has 6 nitrogen and oxygen atoms in total. The first-order chi connectivity index (χ1) is 12.2. The van der Waals surface area contributed by atoms with Gasteiger partial charge in [0, 0.05) is 30.5 Å². The summed E-state index contributed by atoms with van der Waals surface area (Å²) in [4.78, 5) is 16.3. The fourth-order valence-corrected chi connectivity index (χ4v) is 3.95. The molecule has 2 atom stereocenters. The second-order valence-corrected chi connectivity index (χ2v) is 6.86. The van der Waals surface area contributed by atoms with Gasteiger partial charge in [0.2, 0.25) is 0 Å². The molecule has 4 rings (SSSR count). The predicted molar refractivity (Wildman–Crippen MR) is 97.9 cm³/mol. The third-order valence-corrected chi connectivity index (χ3v) is 5.02. The molecular formula is C19H21N5O. The Morgan fingerprint density at radius 1 is 1.32 bits per heavy atom. The quantitative estimate of drug-likeness (QED) is 0.671. The SMILES string of the molecule is C[C@H]1CCCN([C@@H]2C(=C=O)c3cc(N)ccc3N2c2cccnn2)C1. The molecule has 1 saturated heterocycles. The second-order valence-electron chi connectivity index (χ2n) is 6.86. The van der Waals surface area contributed by atoms with Crippen LogP contribution in [0.1, 0.15) is 25.3 Å². The number of carbonyl (C=O) groups excluding carboxylic acids is 1. The van der Waals surface area contributed by atoms with Crippen LogP contribution >= 0.6 is 0 Å². The lowest BCUT2D eigenvalue weighted by atomic mass is 9.98. The lowest BCUT2D eigenvalue weighted by molar-refractivity contribution is 0.161. The van der Waals surface area contributed by atoms with Crippen LogP contribution in [-0.2, 0) is 4.79 Å². The maximum Gasteiger partial charge on any atom is 0.157 e. The van der Waals surface area contributed by atoms with Gasteiger partial charge in [-0.05, 0) is 49.1 Å². The molecule has 0 unspecified atom stereocenters. The number of fused-ring (bicyclic) bond motifs is 1. The van der Waals surface area contributed by atoms with Crippen LogP contribution in [0.2, 0.25) is 0 Å². The molecule has 0 spiro atoms. The number of nitrogen functional groups attached to an aromatic ring is 1. The van der Waals surface area contributed by atoms with E-state index in [1.807, 2.05) is 30.3 Å². The van der Waals surface area contributed by atoms with Gasteiger partial charge in [-0.3, -0.25) is 4.90 Å². The number of anilines is 3. The number of nitrogens with zero attached hydrogens (tertiary/aromatic N) is 4. The highest BCUT2D eigenvalue weighted by Gasteiger charge is 2.41. The van der Waals surface area contributed by atoms with Gasteiger partial charge in [-0.2, -0.15) is 5.10 Å². The van der Waals surface area contributed by atoms with E-state index in [2.05, 4.69) is 32.9 Å². The van der Waals surface area contributed by atoms with Crippen LogP contribution in [0.3, 0.4) is 0 Å². The van der Waals surface area contributed by atoms with Crippen molar-refractivity contribution in [3.63, 3.8) is 0 Å². The normalized spacial score (nSPS) is 23.4. The van der Waals surface area contributed by atoms with Gasteiger partial charge in [-0.1, -0.05) is 6.92 Å². The number of piperidine rings is 1. The van der Waals surface area contributed by atoms with Crippen LogP contribution in [0.4, 0.5) is 17.2 Å². The first kappa shape index (κ1) is 15.8. The van der Waals surface area contributed by atoms with Crippen LogP contribution in [0, 0.1) is 5.92 Å². The van der Waals surface area contributed by atoms with Gasteiger partial charge in [0.25, 0.3) is 0 Å². The first-order valence-electron chi connectivity index (χ1n) is 8.65. The third kappa shape index (κ3) is 2.69. The van der Waals surface area contributed by atoms with Crippen molar-refractivity contribution in [3.8, 4) is 0 Å². The maximum atomic E-state index is 11.9. The van der Waals surface area contributed by atoms with Gasteiger partial charge < -0.3 is 10.6 Å². The molecule has 2 aliphatic heterocycles. The Labute approximate surface area is 147 Å². The zero-order valence-electron chi connectivity index (χ0n) is 14.2. The van der Waals surface area contributed by atoms with Crippen LogP contribution in [-0.4, -0.2) is 40.3 Å². The zero-order valence-corrected chi connectivity index (χ0v) is 14.2. The molecular weight excluding hydrogens is 314 g/mol. The predicted octanol–water partition coefficient (Wildman–Crippen LogP) is 2.48. The number of hydrogen-bond acceptors (Lipinski definition) is 6. The lowest BCUT2D eigenvalue weighted by Crippen LogP contribution is -2.48. The van der Waals surface area contributed by atoms with Crippen molar-refractivity contribution in [2.24, 2.45) is 5.92 Å². The Kier molecular flexibility index (Phi) is 3.99. The standard InChI is InChI=1S/C19H21N5O/c1-13-4-3-9-23(11-13)19-16(12-25)15-10-14(20)6-7-17(15)24(19)18-5-2-8-21-22-18/h2,5-8,10,13,19H,3-4,9,11,20H2,1H3/t13-,19-/m0/s1. The molecule has 1 aromatic heterocycles. The largest absolute Gasteiger partial charge is 0.399 e. The average Bonchev–Trinajstić information content (AvgIpc) is 2.95. The van der Waals surface area contributed by atoms with Gasteiger partial charge in [-0.25, -0.2) is 4.79 Å². The van der Waals surface area contributed by atoms with Crippen molar-refractivity contribution in [2.45, 2.75) is 25.9 Å². The monoisotopic (exact) mass is 335 g/mol. The van der Waals surface area contributed by atoms with E-state index in [1.54, 1.807) is 6.20 Å². The summed E-state index contributed by atoms with van der Waals surface area (Å²) in [6, 6.07) is 9.43. The minimum atomic E-state index is -0.214. The Hall–Kier alpha value is -2.69. The van der Waals surface area contributed by atoms with Gasteiger partial charge >= 0.3 is 0 Å². The van der Waals surface area contributed by atoms with Crippen LogP contribution in [0.5, 0.6) is 0 Å². The Bertz CT molecular complexity index is 831. The molecule has 3 heterocycles. The van der Waals surface area contributed by atoms with Crippen LogP contribution in [0.15, 0.2) is 36.5 Å². The summed E-state index contributed by atoms with van der Waals surface area (Å²) >= 11 is 0. The molecule has 128 valence electrons. The van der Waals surface area contributed by atoms with Crippen LogP contribution < -0.4 is 10.6 Å². The second kappa shape index (κ2) is 6.31. The Balaban J connectivity index is 1.86. The van der Waals surface area contributed by atoms with Crippen molar-refractivity contribution in [2.75, 3.05) is 23.7 Å². The van der Waals surface area contributed by atoms with Gasteiger partial charge in [0.1, 0.15) is 12.1 Å². The topological polar surface area (TPSA) is 75.3 Å². The summed E-state index contributed by atoms with van der Waals surface area (Å²) in [7, 11) is 0.